The highest BCUT2D eigenvalue weighted by Crippen LogP contribution is 2.34. The minimum atomic E-state index is -0.315. The standard InChI is InChI=1S/C39H46FN5/c1-27(23-39(2,3)4)32-14-16-36-37(22-32)45(25-28-7-5-8-28)38(43-36)26-44-19-17-31(18-20-44)35-10-6-9-33(42-35)15-13-30-12-11-29(24-41)21-34(30)40/h6,9-12,14,16,21-22,28,31H,1,5,7-8,13,15,17-20,23,25-26H2,2-4H3. The number of rotatable bonds is 10. The number of pyridine rings is 1. The first-order chi connectivity index (χ1) is 21.6. The van der Waals surface area contributed by atoms with Crippen molar-refractivity contribution in [1.82, 2.24) is 19.4 Å². The molecule has 2 aromatic heterocycles. The first-order valence-electron chi connectivity index (χ1n) is 16.7. The van der Waals surface area contributed by atoms with Gasteiger partial charge in [0.2, 0.25) is 0 Å². The molecule has 0 spiro atoms. The van der Waals surface area contributed by atoms with Crippen LogP contribution in [0.25, 0.3) is 16.6 Å². The fraction of sp³-hybridized carbons (Fsp3) is 0.462. The van der Waals surface area contributed by atoms with Crippen molar-refractivity contribution in [2.45, 2.75) is 91.1 Å². The molecule has 234 valence electrons. The zero-order valence-electron chi connectivity index (χ0n) is 27.2. The first-order valence-corrected chi connectivity index (χ1v) is 16.7. The van der Waals surface area contributed by atoms with Gasteiger partial charge in [-0.1, -0.05) is 52.0 Å². The Morgan fingerprint density at radius 1 is 1.00 bits per heavy atom. The normalized spacial score (nSPS) is 16.5. The smallest absolute Gasteiger partial charge is 0.127 e. The molecule has 0 amide bonds. The van der Waals surface area contributed by atoms with E-state index in [2.05, 4.69) is 67.1 Å². The van der Waals surface area contributed by atoms with Crippen molar-refractivity contribution < 1.29 is 4.39 Å². The van der Waals surface area contributed by atoms with Gasteiger partial charge in [0.25, 0.3) is 0 Å². The monoisotopic (exact) mass is 603 g/mol. The second kappa shape index (κ2) is 13.3. The van der Waals surface area contributed by atoms with Crippen LogP contribution >= 0.6 is 0 Å². The molecule has 5 nitrogen and oxygen atoms in total. The number of nitriles is 1. The molecular formula is C39H46FN5. The van der Waals surface area contributed by atoms with Gasteiger partial charge in [-0.15, -0.1) is 0 Å². The molecule has 0 bridgehead atoms. The van der Waals surface area contributed by atoms with E-state index in [1.165, 1.54) is 47.8 Å². The van der Waals surface area contributed by atoms with Gasteiger partial charge in [-0.05, 0) is 122 Å². The Balaban J connectivity index is 1.11. The van der Waals surface area contributed by atoms with Crippen LogP contribution in [0.2, 0.25) is 0 Å². The van der Waals surface area contributed by atoms with Crippen LogP contribution in [0.4, 0.5) is 4.39 Å². The predicted octanol–water partition coefficient (Wildman–Crippen LogP) is 8.86. The van der Waals surface area contributed by atoms with Gasteiger partial charge in [0.15, 0.2) is 0 Å². The largest absolute Gasteiger partial charge is 0.327 e. The van der Waals surface area contributed by atoms with Crippen molar-refractivity contribution in [3.05, 3.63) is 101 Å². The highest BCUT2D eigenvalue weighted by atomic mass is 19.1. The first kappa shape index (κ1) is 31.2. The average Bonchev–Trinajstić information content (AvgIpc) is 3.33. The number of nitrogens with zero attached hydrogens (tertiary/aromatic N) is 5. The highest BCUT2D eigenvalue weighted by Gasteiger charge is 2.26. The quantitative estimate of drug-likeness (QED) is 0.182. The molecule has 2 aromatic carbocycles. The van der Waals surface area contributed by atoms with Gasteiger partial charge in [0.1, 0.15) is 11.6 Å². The van der Waals surface area contributed by atoms with Gasteiger partial charge in [-0.3, -0.25) is 9.88 Å². The maximum atomic E-state index is 14.4. The van der Waals surface area contributed by atoms with Gasteiger partial charge in [-0.2, -0.15) is 5.26 Å². The Morgan fingerprint density at radius 2 is 1.80 bits per heavy atom. The number of imidazole rings is 1. The summed E-state index contributed by atoms with van der Waals surface area (Å²) in [4.78, 5) is 12.7. The zero-order chi connectivity index (χ0) is 31.6. The van der Waals surface area contributed by atoms with Crippen molar-refractivity contribution in [3.8, 4) is 6.07 Å². The summed E-state index contributed by atoms with van der Waals surface area (Å²) in [6.07, 6.45) is 8.34. The summed E-state index contributed by atoms with van der Waals surface area (Å²) in [5.74, 6) is 2.05. The molecular weight excluding hydrogens is 557 g/mol. The fourth-order valence-electron chi connectivity index (χ4n) is 6.93. The molecule has 6 heteroatoms. The topological polar surface area (TPSA) is 57.7 Å². The second-order valence-electron chi connectivity index (χ2n) is 14.5. The lowest BCUT2D eigenvalue weighted by Crippen LogP contribution is -2.34. The lowest BCUT2D eigenvalue weighted by atomic mass is 9.85. The third-order valence-electron chi connectivity index (χ3n) is 9.68. The summed E-state index contributed by atoms with van der Waals surface area (Å²) in [6, 6.07) is 19.7. The number of hydrogen-bond acceptors (Lipinski definition) is 4. The molecule has 2 fully saturated rings. The van der Waals surface area contributed by atoms with Crippen LogP contribution in [0, 0.1) is 28.5 Å². The molecule has 6 rings (SSSR count). The Morgan fingerprint density at radius 3 is 2.49 bits per heavy atom. The van der Waals surface area contributed by atoms with Gasteiger partial charge < -0.3 is 4.57 Å². The van der Waals surface area contributed by atoms with E-state index in [4.69, 9.17) is 15.2 Å². The van der Waals surface area contributed by atoms with Crippen LogP contribution in [0.15, 0.2) is 61.2 Å². The molecule has 0 unspecified atom stereocenters. The van der Waals surface area contributed by atoms with Crippen molar-refractivity contribution in [1.29, 1.82) is 5.26 Å². The maximum Gasteiger partial charge on any atom is 0.127 e. The predicted molar refractivity (Wildman–Crippen MR) is 180 cm³/mol. The third-order valence-corrected chi connectivity index (χ3v) is 9.68. The summed E-state index contributed by atoms with van der Waals surface area (Å²) in [5, 5.41) is 9.01. The van der Waals surface area contributed by atoms with Crippen LogP contribution in [-0.2, 0) is 25.9 Å². The van der Waals surface area contributed by atoms with Crippen LogP contribution < -0.4 is 0 Å². The van der Waals surface area contributed by atoms with Crippen molar-refractivity contribution in [2.24, 2.45) is 11.3 Å². The molecule has 1 saturated heterocycles. The molecule has 1 saturated carbocycles. The number of aromatic nitrogens is 3. The fourth-order valence-corrected chi connectivity index (χ4v) is 6.93. The van der Waals surface area contributed by atoms with Gasteiger partial charge in [0.05, 0.1) is 29.2 Å². The van der Waals surface area contributed by atoms with E-state index in [1.807, 2.05) is 12.1 Å². The summed E-state index contributed by atoms with van der Waals surface area (Å²) < 4.78 is 16.9. The van der Waals surface area contributed by atoms with Crippen LogP contribution in [0.1, 0.15) is 99.1 Å². The number of fused-ring (bicyclic) bond motifs is 1. The number of likely N-dealkylation sites (tertiary alicyclic amines) is 1. The Labute approximate surface area is 267 Å². The van der Waals surface area contributed by atoms with Crippen molar-refractivity contribution >= 4 is 16.6 Å². The lowest BCUT2D eigenvalue weighted by molar-refractivity contribution is 0.193. The summed E-state index contributed by atoms with van der Waals surface area (Å²) in [5.41, 5.74) is 8.10. The highest BCUT2D eigenvalue weighted by molar-refractivity contribution is 5.81. The number of aryl methyl sites for hydroxylation is 2. The van der Waals surface area contributed by atoms with Gasteiger partial charge in [-0.25, -0.2) is 9.37 Å². The minimum Gasteiger partial charge on any atom is -0.327 e. The third kappa shape index (κ3) is 7.53. The number of halogens is 1. The molecule has 0 atom stereocenters. The van der Waals surface area contributed by atoms with Crippen LogP contribution in [0.5, 0.6) is 0 Å². The Hall–Kier alpha value is -3.82. The van der Waals surface area contributed by atoms with Gasteiger partial charge >= 0.3 is 0 Å². The number of piperidine rings is 1. The van der Waals surface area contributed by atoms with E-state index < -0.39 is 0 Å². The molecule has 3 heterocycles. The molecule has 2 aliphatic rings. The average molecular weight is 604 g/mol. The van der Waals surface area contributed by atoms with Gasteiger partial charge in [0, 0.05) is 23.9 Å². The summed E-state index contributed by atoms with van der Waals surface area (Å²) in [6.45, 7) is 15.2. The Kier molecular flexibility index (Phi) is 9.19. The lowest BCUT2D eigenvalue weighted by Gasteiger charge is -2.32. The van der Waals surface area contributed by atoms with Crippen LogP contribution in [-0.4, -0.2) is 32.5 Å². The molecule has 4 aromatic rings. The molecule has 0 radical (unpaired) electrons. The van der Waals surface area contributed by atoms with E-state index in [9.17, 15) is 4.39 Å². The molecule has 1 aliphatic heterocycles. The number of hydrogen-bond donors (Lipinski definition) is 0. The van der Waals surface area contributed by atoms with E-state index in [-0.39, 0.29) is 11.2 Å². The Bertz CT molecular complexity index is 1710. The summed E-state index contributed by atoms with van der Waals surface area (Å²) in [7, 11) is 0. The van der Waals surface area contributed by atoms with E-state index in [0.29, 0.717) is 29.9 Å². The van der Waals surface area contributed by atoms with E-state index >= 15 is 0 Å². The second-order valence-corrected chi connectivity index (χ2v) is 14.5. The SMILES string of the molecule is C=C(CC(C)(C)C)c1ccc2nc(CN3CCC(c4cccc(CCc5ccc(C#N)cc5F)n4)CC3)n(CC3CCC3)c2c1. The number of allylic oxidation sites excluding steroid dienone is 1. The zero-order valence-corrected chi connectivity index (χ0v) is 27.2. The summed E-state index contributed by atoms with van der Waals surface area (Å²) >= 11 is 0. The van der Waals surface area contributed by atoms with E-state index in [0.717, 1.165) is 68.3 Å². The molecule has 0 N–H and O–H groups in total. The maximum absolute atomic E-state index is 14.4. The number of benzene rings is 2. The van der Waals surface area contributed by atoms with Crippen molar-refractivity contribution in [2.75, 3.05) is 13.1 Å². The molecule has 1 aliphatic carbocycles. The molecule has 45 heavy (non-hydrogen) atoms. The minimum absolute atomic E-state index is 0.206. The van der Waals surface area contributed by atoms with Crippen molar-refractivity contribution in [3.63, 3.8) is 0 Å². The van der Waals surface area contributed by atoms with Crippen LogP contribution in [0.3, 0.4) is 0 Å². The van der Waals surface area contributed by atoms with E-state index in [1.54, 1.807) is 12.1 Å².